The minimum absolute atomic E-state index is 0.0689. The lowest BCUT2D eigenvalue weighted by molar-refractivity contribution is -0.136. The second kappa shape index (κ2) is 11.2. The van der Waals surface area contributed by atoms with Crippen LogP contribution in [-0.2, 0) is 4.79 Å². The lowest BCUT2D eigenvalue weighted by atomic mass is 9.97. The fourth-order valence-electron chi connectivity index (χ4n) is 3.44. The molecule has 9 heteroatoms. The monoisotopic (exact) mass is 553 g/mol. The predicted molar refractivity (Wildman–Crippen MR) is 138 cm³/mol. The molecule has 6 nitrogen and oxygen atoms in total. The predicted octanol–water partition coefficient (Wildman–Crippen LogP) is 6.12. The summed E-state index contributed by atoms with van der Waals surface area (Å²) in [7, 11) is 0. The van der Waals surface area contributed by atoms with Crippen LogP contribution in [0, 0.1) is 5.82 Å². The van der Waals surface area contributed by atoms with Crippen molar-refractivity contribution >= 4 is 44.3 Å². The lowest BCUT2D eigenvalue weighted by Gasteiger charge is -2.20. The summed E-state index contributed by atoms with van der Waals surface area (Å²) in [6.45, 7) is 0.0689. The number of thiazole rings is 1. The third-order valence-corrected chi connectivity index (χ3v) is 6.55. The fraction of sp³-hybridized carbons (Fsp3) is 0.115. The van der Waals surface area contributed by atoms with Gasteiger partial charge < -0.3 is 15.7 Å². The van der Waals surface area contributed by atoms with Crippen LogP contribution in [0.25, 0.3) is 11.3 Å². The molecule has 3 N–H and O–H groups in total. The van der Waals surface area contributed by atoms with Gasteiger partial charge in [0.1, 0.15) is 5.82 Å². The average Bonchev–Trinajstić information content (AvgIpc) is 3.32. The van der Waals surface area contributed by atoms with Crippen molar-refractivity contribution in [3.63, 3.8) is 0 Å². The first-order valence-corrected chi connectivity index (χ1v) is 12.4. The molecule has 35 heavy (non-hydrogen) atoms. The van der Waals surface area contributed by atoms with Crippen LogP contribution >= 0.6 is 27.3 Å². The lowest BCUT2D eigenvalue weighted by Crippen LogP contribution is -2.26. The van der Waals surface area contributed by atoms with Crippen LogP contribution in [0.1, 0.15) is 33.9 Å². The number of aliphatic carboxylic acids is 1. The van der Waals surface area contributed by atoms with Gasteiger partial charge in [0.05, 0.1) is 18.2 Å². The van der Waals surface area contributed by atoms with Crippen LogP contribution in [0.2, 0.25) is 0 Å². The first kappa shape index (κ1) is 24.6. The van der Waals surface area contributed by atoms with Gasteiger partial charge in [-0.3, -0.25) is 9.59 Å². The van der Waals surface area contributed by atoms with Gasteiger partial charge in [0.15, 0.2) is 5.13 Å². The van der Waals surface area contributed by atoms with Gasteiger partial charge in [0, 0.05) is 27.5 Å². The standard InChI is InChI=1S/C26H21BrFN3O3S/c27-20-9-5-18(6-10-20)24(17-1-3-19(4-2-17)25(34)29-14-13-23(32)33)31-26-30-22(15-35-26)16-7-11-21(28)12-8-16/h1-12,15,24H,13-14H2,(H,29,34)(H,30,31)(H,32,33). The quantitative estimate of drug-likeness (QED) is 0.232. The Kier molecular flexibility index (Phi) is 7.89. The van der Waals surface area contributed by atoms with Gasteiger partial charge in [-0.15, -0.1) is 11.3 Å². The minimum Gasteiger partial charge on any atom is -0.481 e. The van der Waals surface area contributed by atoms with Gasteiger partial charge in [-0.2, -0.15) is 0 Å². The highest BCUT2D eigenvalue weighted by atomic mass is 79.9. The summed E-state index contributed by atoms with van der Waals surface area (Å²) in [5.74, 6) is -1.58. The van der Waals surface area contributed by atoms with Gasteiger partial charge in [0.25, 0.3) is 5.91 Å². The number of carboxylic acid groups (broad SMARTS) is 1. The molecule has 0 aliphatic carbocycles. The van der Waals surface area contributed by atoms with Gasteiger partial charge in [-0.25, -0.2) is 9.37 Å². The Morgan fingerprint density at radius 3 is 2.23 bits per heavy atom. The maximum atomic E-state index is 13.3. The molecule has 0 fully saturated rings. The molecule has 0 aliphatic rings. The van der Waals surface area contributed by atoms with Gasteiger partial charge >= 0.3 is 5.97 Å². The molecular weight excluding hydrogens is 533 g/mol. The molecule has 0 spiro atoms. The van der Waals surface area contributed by atoms with Crippen molar-refractivity contribution in [2.75, 3.05) is 11.9 Å². The Morgan fingerprint density at radius 1 is 0.971 bits per heavy atom. The summed E-state index contributed by atoms with van der Waals surface area (Å²) >= 11 is 4.92. The smallest absolute Gasteiger partial charge is 0.305 e. The third-order valence-electron chi connectivity index (χ3n) is 5.25. The maximum absolute atomic E-state index is 13.3. The molecular formula is C26H21BrFN3O3S. The zero-order valence-electron chi connectivity index (χ0n) is 18.4. The molecule has 1 amide bonds. The molecule has 0 aliphatic heterocycles. The SMILES string of the molecule is O=C(O)CCNC(=O)c1ccc(C(Nc2nc(-c3ccc(F)cc3)cs2)c2ccc(Br)cc2)cc1. The third kappa shape index (κ3) is 6.52. The Morgan fingerprint density at radius 2 is 1.60 bits per heavy atom. The Bertz CT molecular complexity index is 1310. The molecule has 1 aromatic heterocycles. The normalized spacial score (nSPS) is 11.6. The van der Waals surface area contributed by atoms with E-state index >= 15 is 0 Å². The van der Waals surface area contributed by atoms with Gasteiger partial charge in [-0.05, 0) is 59.7 Å². The zero-order valence-corrected chi connectivity index (χ0v) is 20.8. The number of hydrogen-bond acceptors (Lipinski definition) is 5. The fourth-order valence-corrected chi connectivity index (χ4v) is 4.46. The number of hydrogen-bond donors (Lipinski definition) is 3. The van der Waals surface area contributed by atoms with Crippen molar-refractivity contribution in [2.45, 2.75) is 12.5 Å². The van der Waals surface area contributed by atoms with Crippen LogP contribution in [0.4, 0.5) is 9.52 Å². The van der Waals surface area contributed by atoms with Crippen LogP contribution in [0.3, 0.4) is 0 Å². The van der Waals surface area contributed by atoms with E-state index in [4.69, 9.17) is 5.11 Å². The molecule has 4 aromatic rings. The summed E-state index contributed by atoms with van der Waals surface area (Å²) < 4.78 is 14.2. The number of amides is 1. The minimum atomic E-state index is -0.964. The second-order valence-corrected chi connectivity index (χ2v) is 9.47. The molecule has 1 atom stereocenters. The van der Waals surface area contributed by atoms with E-state index in [0.717, 1.165) is 26.9 Å². The number of halogens is 2. The van der Waals surface area contributed by atoms with Crippen LogP contribution in [-0.4, -0.2) is 28.5 Å². The number of nitrogens with zero attached hydrogens (tertiary/aromatic N) is 1. The van der Waals surface area contributed by atoms with Crippen molar-refractivity contribution in [1.29, 1.82) is 0 Å². The van der Waals surface area contributed by atoms with Crippen molar-refractivity contribution in [3.05, 3.63) is 105 Å². The number of carbonyl (C=O) groups is 2. The Balaban J connectivity index is 1.56. The van der Waals surface area contributed by atoms with Crippen molar-refractivity contribution in [1.82, 2.24) is 10.3 Å². The first-order valence-electron chi connectivity index (χ1n) is 10.7. The van der Waals surface area contributed by atoms with Crippen LogP contribution < -0.4 is 10.6 Å². The number of aromatic nitrogens is 1. The molecule has 1 unspecified atom stereocenters. The van der Waals surface area contributed by atoms with Gasteiger partial charge in [0.2, 0.25) is 0 Å². The van der Waals surface area contributed by atoms with Crippen LogP contribution in [0.5, 0.6) is 0 Å². The van der Waals surface area contributed by atoms with Crippen molar-refractivity contribution in [2.24, 2.45) is 0 Å². The van der Waals surface area contributed by atoms with E-state index in [9.17, 15) is 14.0 Å². The van der Waals surface area contributed by atoms with E-state index < -0.39 is 5.97 Å². The molecule has 3 aromatic carbocycles. The molecule has 0 radical (unpaired) electrons. The molecule has 0 saturated carbocycles. The highest BCUT2D eigenvalue weighted by Gasteiger charge is 2.17. The molecule has 0 bridgehead atoms. The molecule has 1 heterocycles. The summed E-state index contributed by atoms with van der Waals surface area (Å²) in [4.78, 5) is 27.6. The second-order valence-electron chi connectivity index (χ2n) is 7.70. The number of carboxylic acids is 1. The average molecular weight is 554 g/mol. The summed E-state index contributed by atoms with van der Waals surface area (Å²) in [6, 6.07) is 21.0. The summed E-state index contributed by atoms with van der Waals surface area (Å²) in [5, 5.41) is 17.4. The highest BCUT2D eigenvalue weighted by Crippen LogP contribution is 2.32. The molecule has 4 rings (SSSR count). The molecule has 178 valence electrons. The maximum Gasteiger partial charge on any atom is 0.305 e. The van der Waals surface area contributed by atoms with E-state index in [0.29, 0.717) is 10.7 Å². The number of benzene rings is 3. The number of rotatable bonds is 9. The Labute approximate surface area is 214 Å². The van der Waals surface area contributed by atoms with E-state index in [1.807, 2.05) is 41.8 Å². The largest absolute Gasteiger partial charge is 0.481 e. The first-order chi connectivity index (χ1) is 16.9. The number of carbonyl (C=O) groups excluding carboxylic acids is 1. The number of nitrogens with one attached hydrogen (secondary N) is 2. The highest BCUT2D eigenvalue weighted by molar-refractivity contribution is 9.10. The van der Waals surface area contributed by atoms with E-state index in [-0.39, 0.29) is 30.7 Å². The topological polar surface area (TPSA) is 91.3 Å². The van der Waals surface area contributed by atoms with Gasteiger partial charge in [-0.1, -0.05) is 40.2 Å². The van der Waals surface area contributed by atoms with Crippen molar-refractivity contribution in [3.8, 4) is 11.3 Å². The summed E-state index contributed by atoms with van der Waals surface area (Å²) in [6.07, 6.45) is -0.132. The van der Waals surface area contributed by atoms with E-state index in [1.165, 1.54) is 23.5 Å². The van der Waals surface area contributed by atoms with E-state index in [1.54, 1.807) is 24.3 Å². The summed E-state index contributed by atoms with van der Waals surface area (Å²) in [5.41, 5.74) is 3.95. The van der Waals surface area contributed by atoms with E-state index in [2.05, 4.69) is 31.5 Å². The Hall–Kier alpha value is -3.56. The zero-order chi connectivity index (χ0) is 24.8. The number of anilines is 1. The van der Waals surface area contributed by atoms with Crippen LogP contribution in [0.15, 0.2) is 82.6 Å². The molecule has 0 saturated heterocycles. The van der Waals surface area contributed by atoms with Crippen molar-refractivity contribution < 1.29 is 19.1 Å².